The zero-order valence-electron chi connectivity index (χ0n) is 15.0. The number of aliphatic carboxylic acids is 1. The minimum Gasteiger partial charge on any atom is -0.481 e. The summed E-state index contributed by atoms with van der Waals surface area (Å²) in [4.78, 5) is 18.2. The molecule has 0 unspecified atom stereocenters. The normalized spacial score (nSPS) is 11.7. The van der Waals surface area contributed by atoms with Gasteiger partial charge >= 0.3 is 5.97 Å². The minimum atomic E-state index is -0.852. The van der Waals surface area contributed by atoms with Gasteiger partial charge in [0.05, 0.1) is 16.6 Å². The van der Waals surface area contributed by atoms with E-state index in [1.54, 1.807) is 0 Å². The maximum absolute atomic E-state index is 11.3. The van der Waals surface area contributed by atoms with Crippen LogP contribution in [0.3, 0.4) is 0 Å². The van der Waals surface area contributed by atoms with Gasteiger partial charge in [-0.25, -0.2) is 4.98 Å². The molecule has 2 aromatic carbocycles. The van der Waals surface area contributed by atoms with E-state index in [0.717, 1.165) is 39.5 Å². The van der Waals surface area contributed by atoms with Crippen molar-refractivity contribution in [1.82, 2.24) is 4.98 Å². The quantitative estimate of drug-likeness (QED) is 0.628. The first-order chi connectivity index (χ1) is 12.6. The highest BCUT2D eigenvalue weighted by atomic mass is 32.1. The van der Waals surface area contributed by atoms with Crippen molar-refractivity contribution in [2.24, 2.45) is 0 Å². The highest BCUT2D eigenvalue weighted by molar-refractivity contribution is 7.19. The Morgan fingerprint density at radius 1 is 1.12 bits per heavy atom. The third-order valence-corrected chi connectivity index (χ3v) is 5.38. The molecular weight excluding hydrogens is 344 g/mol. The lowest BCUT2D eigenvalue weighted by atomic mass is 10.1. The predicted molar refractivity (Wildman–Crippen MR) is 110 cm³/mol. The number of anilines is 1. The summed E-state index contributed by atoms with van der Waals surface area (Å²) >= 11 is 1.53. The van der Waals surface area contributed by atoms with Crippen molar-refractivity contribution in [1.29, 1.82) is 0 Å². The van der Waals surface area contributed by atoms with E-state index in [4.69, 9.17) is 0 Å². The SMILES string of the molecule is CCN(CC)c1ccc(/C=C(\CC(=O)O)c2nc3ccccc3s2)cc1. The third-order valence-electron chi connectivity index (χ3n) is 4.27. The second kappa shape index (κ2) is 8.15. The van der Waals surface area contributed by atoms with E-state index in [9.17, 15) is 9.90 Å². The Morgan fingerprint density at radius 2 is 1.81 bits per heavy atom. The van der Waals surface area contributed by atoms with Crippen LogP contribution >= 0.6 is 11.3 Å². The summed E-state index contributed by atoms with van der Waals surface area (Å²) in [5, 5.41) is 10.1. The molecule has 3 rings (SSSR count). The van der Waals surface area contributed by atoms with Gasteiger partial charge in [0.1, 0.15) is 5.01 Å². The summed E-state index contributed by atoms with van der Waals surface area (Å²) in [6.07, 6.45) is 1.88. The van der Waals surface area contributed by atoms with Gasteiger partial charge in [-0.2, -0.15) is 0 Å². The largest absolute Gasteiger partial charge is 0.481 e. The van der Waals surface area contributed by atoms with Crippen molar-refractivity contribution in [3.05, 3.63) is 59.1 Å². The molecule has 0 radical (unpaired) electrons. The van der Waals surface area contributed by atoms with Gasteiger partial charge in [0.2, 0.25) is 0 Å². The second-order valence-electron chi connectivity index (χ2n) is 5.99. The van der Waals surface area contributed by atoms with Gasteiger partial charge in [0, 0.05) is 18.8 Å². The number of carbonyl (C=O) groups is 1. The van der Waals surface area contributed by atoms with E-state index in [-0.39, 0.29) is 6.42 Å². The number of carboxylic acids is 1. The first kappa shape index (κ1) is 18.1. The number of fused-ring (bicyclic) bond motifs is 1. The fraction of sp³-hybridized carbons (Fsp3) is 0.238. The molecule has 0 atom stereocenters. The van der Waals surface area contributed by atoms with E-state index >= 15 is 0 Å². The van der Waals surface area contributed by atoms with Crippen LogP contribution in [0.15, 0.2) is 48.5 Å². The molecule has 0 fully saturated rings. The van der Waals surface area contributed by atoms with Crippen molar-refractivity contribution in [2.75, 3.05) is 18.0 Å². The molecule has 0 aliphatic carbocycles. The van der Waals surface area contributed by atoms with Gasteiger partial charge < -0.3 is 10.0 Å². The Bertz CT molecular complexity index is 892. The maximum atomic E-state index is 11.3. The van der Waals surface area contributed by atoms with E-state index in [1.165, 1.54) is 17.0 Å². The molecule has 0 spiro atoms. The topological polar surface area (TPSA) is 53.4 Å². The fourth-order valence-corrected chi connectivity index (χ4v) is 3.91. The number of rotatable bonds is 7. The highest BCUT2D eigenvalue weighted by Crippen LogP contribution is 2.30. The Hall–Kier alpha value is -2.66. The van der Waals surface area contributed by atoms with E-state index < -0.39 is 5.97 Å². The Balaban J connectivity index is 1.95. The predicted octanol–water partition coefficient (Wildman–Crippen LogP) is 5.16. The fourth-order valence-electron chi connectivity index (χ4n) is 2.93. The van der Waals surface area contributed by atoms with Crippen molar-refractivity contribution < 1.29 is 9.90 Å². The maximum Gasteiger partial charge on any atom is 0.307 e. The first-order valence-corrected chi connectivity index (χ1v) is 9.55. The van der Waals surface area contributed by atoms with Crippen LogP contribution in [0.1, 0.15) is 30.8 Å². The molecule has 0 saturated heterocycles. The molecule has 0 bridgehead atoms. The minimum absolute atomic E-state index is 0.0440. The number of aromatic nitrogens is 1. The summed E-state index contributed by atoms with van der Waals surface area (Å²) in [7, 11) is 0. The van der Waals surface area contributed by atoms with Crippen molar-refractivity contribution in [3.63, 3.8) is 0 Å². The van der Waals surface area contributed by atoms with Crippen LogP contribution < -0.4 is 4.90 Å². The van der Waals surface area contributed by atoms with Crippen LogP contribution in [0.4, 0.5) is 5.69 Å². The highest BCUT2D eigenvalue weighted by Gasteiger charge is 2.12. The average molecular weight is 366 g/mol. The van der Waals surface area contributed by atoms with Crippen LogP contribution in [0.5, 0.6) is 0 Å². The van der Waals surface area contributed by atoms with E-state index in [1.807, 2.05) is 42.5 Å². The molecule has 1 N–H and O–H groups in total. The number of carboxylic acid groups (broad SMARTS) is 1. The molecule has 0 aliphatic rings. The number of thiazole rings is 1. The molecule has 134 valence electrons. The van der Waals surface area contributed by atoms with Crippen LogP contribution in [0.25, 0.3) is 21.9 Å². The van der Waals surface area contributed by atoms with Crippen LogP contribution in [0, 0.1) is 0 Å². The zero-order chi connectivity index (χ0) is 18.5. The second-order valence-corrected chi connectivity index (χ2v) is 7.02. The van der Waals surface area contributed by atoms with Crippen LogP contribution in [0.2, 0.25) is 0 Å². The lowest BCUT2D eigenvalue weighted by Crippen LogP contribution is -2.21. The number of nitrogens with zero attached hydrogens (tertiary/aromatic N) is 2. The standard InChI is InChI=1S/C21H22N2O2S/c1-3-23(4-2)17-11-9-15(10-12-17)13-16(14-20(24)25)21-22-18-7-5-6-8-19(18)26-21/h5-13H,3-4,14H2,1-2H3,(H,24,25)/b16-13+. The molecule has 1 heterocycles. The lowest BCUT2D eigenvalue weighted by molar-refractivity contribution is -0.135. The van der Waals surface area contributed by atoms with Gasteiger partial charge in [0.15, 0.2) is 0 Å². The number of benzene rings is 2. The lowest BCUT2D eigenvalue weighted by Gasteiger charge is -2.20. The van der Waals surface area contributed by atoms with Gasteiger partial charge in [-0.3, -0.25) is 4.79 Å². The van der Waals surface area contributed by atoms with Crippen LogP contribution in [-0.4, -0.2) is 29.1 Å². The number of hydrogen-bond donors (Lipinski definition) is 1. The van der Waals surface area contributed by atoms with Crippen molar-refractivity contribution >= 4 is 44.9 Å². The Morgan fingerprint density at radius 3 is 2.42 bits per heavy atom. The summed E-state index contributed by atoms with van der Waals surface area (Å²) < 4.78 is 1.07. The molecule has 1 aromatic heterocycles. The molecule has 4 nitrogen and oxygen atoms in total. The van der Waals surface area contributed by atoms with Gasteiger partial charge in [-0.05, 0) is 55.3 Å². The summed E-state index contributed by atoms with van der Waals surface area (Å²) in [6, 6.07) is 16.1. The van der Waals surface area contributed by atoms with Crippen molar-refractivity contribution in [2.45, 2.75) is 20.3 Å². The summed E-state index contributed by atoms with van der Waals surface area (Å²) in [5.41, 5.74) is 3.79. The molecule has 3 aromatic rings. The molecule has 26 heavy (non-hydrogen) atoms. The molecule has 0 aliphatic heterocycles. The summed E-state index contributed by atoms with van der Waals surface area (Å²) in [6.45, 7) is 6.19. The van der Waals surface area contributed by atoms with Gasteiger partial charge in [-0.15, -0.1) is 11.3 Å². The smallest absolute Gasteiger partial charge is 0.307 e. The molecular formula is C21H22N2O2S. The molecule has 5 heteroatoms. The Labute approximate surface area is 157 Å². The van der Waals surface area contributed by atoms with E-state index in [0.29, 0.717) is 0 Å². The average Bonchev–Trinajstić information content (AvgIpc) is 3.07. The molecule has 0 amide bonds. The number of hydrogen-bond acceptors (Lipinski definition) is 4. The van der Waals surface area contributed by atoms with E-state index in [2.05, 4.69) is 35.9 Å². The molecule has 0 saturated carbocycles. The monoisotopic (exact) mass is 366 g/mol. The third kappa shape index (κ3) is 4.11. The summed E-state index contributed by atoms with van der Waals surface area (Å²) in [5.74, 6) is -0.852. The Kier molecular flexibility index (Phi) is 5.68. The van der Waals surface area contributed by atoms with Gasteiger partial charge in [0.25, 0.3) is 0 Å². The van der Waals surface area contributed by atoms with Gasteiger partial charge in [-0.1, -0.05) is 24.3 Å². The first-order valence-electron chi connectivity index (χ1n) is 8.74. The zero-order valence-corrected chi connectivity index (χ0v) is 15.8. The number of para-hydroxylation sites is 1. The van der Waals surface area contributed by atoms with Crippen LogP contribution in [-0.2, 0) is 4.79 Å². The van der Waals surface area contributed by atoms with Crippen molar-refractivity contribution in [3.8, 4) is 0 Å².